The highest BCUT2D eigenvalue weighted by molar-refractivity contribution is 7.81. The van der Waals surface area contributed by atoms with E-state index in [9.17, 15) is 0 Å². The van der Waals surface area contributed by atoms with Crippen LogP contribution in [0.4, 0.5) is 0 Å². The second-order valence-corrected chi connectivity index (χ2v) is 14.3. The summed E-state index contributed by atoms with van der Waals surface area (Å²) in [5.74, 6) is 6.12. The highest BCUT2D eigenvalue weighted by Crippen LogP contribution is 2.42. The highest BCUT2D eigenvalue weighted by atomic mass is 32.1. The molecule has 0 heterocycles. The third-order valence-electron chi connectivity index (χ3n) is 8.61. The molecule has 0 atom stereocenters. The fourth-order valence-corrected chi connectivity index (χ4v) is 7.41. The van der Waals surface area contributed by atoms with Crippen molar-refractivity contribution in [2.75, 3.05) is 34.5 Å². The summed E-state index contributed by atoms with van der Waals surface area (Å²) in [5.41, 5.74) is 1.05. The molecule has 0 radical (unpaired) electrons. The number of hydrogen-bond acceptors (Lipinski definition) is 6. The van der Waals surface area contributed by atoms with Crippen molar-refractivity contribution in [1.82, 2.24) is 0 Å². The van der Waals surface area contributed by atoms with Crippen LogP contribution in [-0.4, -0.2) is 34.5 Å². The van der Waals surface area contributed by atoms with Crippen molar-refractivity contribution in [1.29, 1.82) is 0 Å². The van der Waals surface area contributed by atoms with E-state index < -0.39 is 0 Å². The van der Waals surface area contributed by atoms with Crippen LogP contribution >= 0.6 is 75.8 Å². The van der Waals surface area contributed by atoms with Gasteiger partial charge in [-0.2, -0.15) is 75.8 Å². The van der Waals surface area contributed by atoms with Crippen molar-refractivity contribution in [3.8, 4) is 0 Å². The van der Waals surface area contributed by atoms with Gasteiger partial charge in [0.25, 0.3) is 0 Å². The zero-order valence-electron chi connectivity index (χ0n) is 24.2. The number of hydrogen-bond donors (Lipinski definition) is 6. The third-order valence-corrected chi connectivity index (χ3v) is 10.5. The van der Waals surface area contributed by atoms with Crippen LogP contribution in [0.3, 0.4) is 0 Å². The molecular formula is C31H64S6. The van der Waals surface area contributed by atoms with E-state index in [1.807, 2.05) is 0 Å². The zero-order valence-corrected chi connectivity index (χ0v) is 29.6. The van der Waals surface area contributed by atoms with Crippen LogP contribution in [0, 0.1) is 10.8 Å². The Bertz CT molecular complexity index is 375. The summed E-state index contributed by atoms with van der Waals surface area (Å²) in [7, 11) is 0. The van der Waals surface area contributed by atoms with Crippen molar-refractivity contribution >= 4 is 75.8 Å². The Hall–Kier alpha value is 2.10. The van der Waals surface area contributed by atoms with E-state index in [1.165, 1.54) is 148 Å². The Kier molecular flexibility index (Phi) is 29.8. The van der Waals surface area contributed by atoms with Gasteiger partial charge in [-0.3, -0.25) is 0 Å². The van der Waals surface area contributed by atoms with Crippen molar-refractivity contribution in [3.05, 3.63) is 0 Å². The lowest BCUT2D eigenvalue weighted by atomic mass is 9.72. The average Bonchev–Trinajstić information content (AvgIpc) is 2.92. The van der Waals surface area contributed by atoms with Crippen LogP contribution in [0.15, 0.2) is 0 Å². The number of rotatable bonds is 30. The maximum absolute atomic E-state index is 4.51. The Morgan fingerprint density at radius 1 is 0.216 bits per heavy atom. The molecule has 0 amide bonds. The van der Waals surface area contributed by atoms with E-state index in [2.05, 4.69) is 75.8 Å². The second kappa shape index (κ2) is 28.2. The Labute approximate surface area is 267 Å². The minimum absolute atomic E-state index is 0.524. The van der Waals surface area contributed by atoms with Crippen LogP contribution in [0.1, 0.15) is 148 Å². The molecule has 0 aromatic rings. The molecule has 0 bridgehead atoms. The quantitative estimate of drug-likeness (QED) is 0.0331. The molecule has 0 saturated carbocycles. The van der Waals surface area contributed by atoms with E-state index in [0.717, 1.165) is 34.5 Å². The summed E-state index contributed by atoms with van der Waals surface area (Å²) in [6.45, 7) is 0. The highest BCUT2D eigenvalue weighted by Gasteiger charge is 2.28. The molecule has 6 heteroatoms. The molecule has 0 aromatic heterocycles. The molecule has 0 nitrogen and oxygen atoms in total. The predicted molar refractivity (Wildman–Crippen MR) is 194 cm³/mol. The van der Waals surface area contributed by atoms with E-state index in [0.29, 0.717) is 10.8 Å². The smallest absolute Gasteiger partial charge is 0.00977 e. The van der Waals surface area contributed by atoms with Gasteiger partial charge in [-0.05, 0) is 135 Å². The lowest BCUT2D eigenvalue weighted by Crippen LogP contribution is -2.22. The van der Waals surface area contributed by atoms with Crippen LogP contribution in [-0.2, 0) is 0 Å². The molecule has 0 aliphatic heterocycles. The topological polar surface area (TPSA) is 0 Å². The Morgan fingerprint density at radius 2 is 0.378 bits per heavy atom. The lowest BCUT2D eigenvalue weighted by Gasteiger charge is -2.34. The second-order valence-electron chi connectivity index (χ2n) is 11.6. The summed E-state index contributed by atoms with van der Waals surface area (Å²) in [6.07, 6.45) is 31.1. The SMILES string of the molecule is SCCCC(CCCS)(CCCS)CCCCCCCCCCCC(CCCS)(CCCS)CCCS. The molecule has 224 valence electrons. The summed E-state index contributed by atoms with van der Waals surface area (Å²) >= 11 is 27.1. The summed E-state index contributed by atoms with van der Waals surface area (Å²) in [5, 5.41) is 0. The number of unbranched alkanes of at least 4 members (excludes halogenated alkanes) is 8. The van der Waals surface area contributed by atoms with Gasteiger partial charge >= 0.3 is 0 Å². The Balaban J connectivity index is 4.22. The van der Waals surface area contributed by atoms with Crippen molar-refractivity contribution in [2.45, 2.75) is 148 Å². The first-order chi connectivity index (χ1) is 18.1. The molecule has 37 heavy (non-hydrogen) atoms. The van der Waals surface area contributed by atoms with Crippen LogP contribution in [0.25, 0.3) is 0 Å². The van der Waals surface area contributed by atoms with Crippen LogP contribution in [0.2, 0.25) is 0 Å². The first kappa shape index (κ1) is 39.1. The molecule has 0 aliphatic rings. The van der Waals surface area contributed by atoms with Gasteiger partial charge in [0.15, 0.2) is 0 Å². The largest absolute Gasteiger partial charge is 0.179 e. The normalized spacial score (nSPS) is 12.5. The predicted octanol–water partition coefficient (Wildman–Crippen LogP) is 11.5. The minimum atomic E-state index is 0.524. The van der Waals surface area contributed by atoms with Crippen molar-refractivity contribution < 1.29 is 0 Å². The van der Waals surface area contributed by atoms with Crippen molar-refractivity contribution in [2.24, 2.45) is 10.8 Å². The van der Waals surface area contributed by atoms with Gasteiger partial charge in [-0.15, -0.1) is 0 Å². The first-order valence-electron chi connectivity index (χ1n) is 15.7. The van der Waals surface area contributed by atoms with E-state index >= 15 is 0 Å². The summed E-state index contributed by atoms with van der Waals surface area (Å²) in [4.78, 5) is 0. The van der Waals surface area contributed by atoms with Gasteiger partial charge in [0.05, 0.1) is 0 Å². The molecule has 0 unspecified atom stereocenters. The molecule has 0 aromatic carbocycles. The van der Waals surface area contributed by atoms with Gasteiger partial charge < -0.3 is 0 Å². The molecule has 0 saturated heterocycles. The molecular weight excluding hydrogens is 565 g/mol. The summed E-state index contributed by atoms with van der Waals surface area (Å²) in [6, 6.07) is 0. The standard InChI is InChI=1S/C31H64S6/c32-24-10-18-30(19-11-25-33,20-12-26-34)16-8-6-4-2-1-3-5-7-9-17-31(21-13-27-35,22-14-28-36)23-15-29-37/h32-37H,1-29H2. The van der Waals surface area contributed by atoms with Gasteiger partial charge in [-0.1, -0.05) is 57.8 Å². The van der Waals surface area contributed by atoms with E-state index in [-0.39, 0.29) is 0 Å². The van der Waals surface area contributed by atoms with Gasteiger partial charge in [-0.25, -0.2) is 0 Å². The third kappa shape index (κ3) is 21.5. The molecule has 0 aliphatic carbocycles. The first-order valence-corrected chi connectivity index (χ1v) is 19.5. The molecule has 0 fully saturated rings. The van der Waals surface area contributed by atoms with Gasteiger partial charge in [0.1, 0.15) is 0 Å². The number of thiol groups is 6. The molecule has 0 spiro atoms. The fraction of sp³-hybridized carbons (Fsp3) is 1.00. The monoisotopic (exact) mass is 628 g/mol. The van der Waals surface area contributed by atoms with Crippen LogP contribution < -0.4 is 0 Å². The minimum Gasteiger partial charge on any atom is -0.179 e. The molecule has 0 N–H and O–H groups in total. The van der Waals surface area contributed by atoms with Crippen LogP contribution in [0.5, 0.6) is 0 Å². The van der Waals surface area contributed by atoms with Gasteiger partial charge in [0.2, 0.25) is 0 Å². The van der Waals surface area contributed by atoms with E-state index in [1.54, 1.807) is 0 Å². The fourth-order valence-electron chi connectivity index (χ4n) is 6.46. The maximum Gasteiger partial charge on any atom is -0.00977 e. The van der Waals surface area contributed by atoms with E-state index in [4.69, 9.17) is 0 Å². The summed E-state index contributed by atoms with van der Waals surface area (Å²) < 4.78 is 0. The van der Waals surface area contributed by atoms with Gasteiger partial charge in [0, 0.05) is 0 Å². The Morgan fingerprint density at radius 3 is 0.568 bits per heavy atom. The maximum atomic E-state index is 4.51. The average molecular weight is 629 g/mol. The van der Waals surface area contributed by atoms with Crippen molar-refractivity contribution in [3.63, 3.8) is 0 Å². The lowest BCUT2D eigenvalue weighted by molar-refractivity contribution is 0.187. The molecule has 0 rings (SSSR count). The zero-order chi connectivity index (χ0) is 27.5.